The minimum atomic E-state index is -0.706. The molecule has 0 N–H and O–H groups in total. The molecule has 0 radical (unpaired) electrons. The standard InChI is InChI=1S/C21H19N7O6/c1-24-16-15(19(31)25(2)20(24)32)26(11-22-16)10-14-23-28(21(33)34-14)9-5-8-27-17(29)12-6-3-4-7-13(12)18(27)30/h3-4,6-7,11H,5,8-10H2,1-2H3. The Morgan fingerprint density at radius 3 is 2.26 bits per heavy atom. The molecule has 0 atom stereocenters. The number of nitrogens with zero attached hydrogens (tertiary/aromatic N) is 7. The highest BCUT2D eigenvalue weighted by Crippen LogP contribution is 2.22. The number of imide groups is 1. The predicted molar refractivity (Wildman–Crippen MR) is 117 cm³/mol. The van der Waals surface area contributed by atoms with E-state index in [1.807, 2.05) is 0 Å². The maximum absolute atomic E-state index is 12.6. The van der Waals surface area contributed by atoms with Gasteiger partial charge in [0.1, 0.15) is 6.54 Å². The highest BCUT2D eigenvalue weighted by Gasteiger charge is 2.34. The molecule has 5 rings (SSSR count). The van der Waals surface area contributed by atoms with E-state index in [0.717, 1.165) is 14.1 Å². The lowest BCUT2D eigenvalue weighted by atomic mass is 10.1. The van der Waals surface area contributed by atoms with E-state index in [-0.39, 0.29) is 48.5 Å². The highest BCUT2D eigenvalue weighted by molar-refractivity contribution is 6.21. The van der Waals surface area contributed by atoms with Crippen LogP contribution in [0.3, 0.4) is 0 Å². The lowest BCUT2D eigenvalue weighted by Gasteiger charge is -2.12. The smallest absolute Gasteiger partial charge is 0.390 e. The van der Waals surface area contributed by atoms with Crippen molar-refractivity contribution >= 4 is 23.0 Å². The summed E-state index contributed by atoms with van der Waals surface area (Å²) in [5, 5.41) is 4.15. The first-order valence-electron chi connectivity index (χ1n) is 10.4. The third-order valence-corrected chi connectivity index (χ3v) is 5.80. The molecule has 174 valence electrons. The van der Waals surface area contributed by atoms with Crippen LogP contribution in [-0.4, -0.2) is 51.7 Å². The Morgan fingerprint density at radius 1 is 0.912 bits per heavy atom. The average molecular weight is 465 g/mol. The van der Waals surface area contributed by atoms with Crippen LogP contribution in [0.25, 0.3) is 11.2 Å². The number of amides is 2. The maximum Gasteiger partial charge on any atom is 0.437 e. The summed E-state index contributed by atoms with van der Waals surface area (Å²) >= 11 is 0. The van der Waals surface area contributed by atoms with Crippen molar-refractivity contribution < 1.29 is 14.0 Å². The van der Waals surface area contributed by atoms with E-state index in [1.54, 1.807) is 24.3 Å². The fraction of sp³-hybridized carbons (Fsp3) is 0.286. The van der Waals surface area contributed by atoms with E-state index < -0.39 is 17.0 Å². The van der Waals surface area contributed by atoms with Gasteiger partial charge in [-0.15, -0.1) is 5.10 Å². The third kappa shape index (κ3) is 3.20. The zero-order chi connectivity index (χ0) is 24.1. The summed E-state index contributed by atoms with van der Waals surface area (Å²) in [6.07, 6.45) is 1.67. The summed E-state index contributed by atoms with van der Waals surface area (Å²) in [4.78, 5) is 67.0. The number of hydrogen-bond acceptors (Lipinski definition) is 8. The van der Waals surface area contributed by atoms with E-state index in [4.69, 9.17) is 4.42 Å². The minimum Gasteiger partial charge on any atom is -0.390 e. The molecule has 3 aromatic heterocycles. The van der Waals surface area contributed by atoms with Crippen LogP contribution in [0.1, 0.15) is 33.0 Å². The van der Waals surface area contributed by atoms with Crippen LogP contribution in [0.5, 0.6) is 0 Å². The van der Waals surface area contributed by atoms with E-state index in [9.17, 15) is 24.0 Å². The quantitative estimate of drug-likeness (QED) is 0.340. The molecule has 0 spiro atoms. The van der Waals surface area contributed by atoms with Gasteiger partial charge in [-0.1, -0.05) is 12.1 Å². The molecule has 2 amide bonds. The van der Waals surface area contributed by atoms with Crippen molar-refractivity contribution in [1.82, 2.24) is 33.4 Å². The summed E-state index contributed by atoms with van der Waals surface area (Å²) in [6, 6.07) is 6.61. The van der Waals surface area contributed by atoms with Gasteiger partial charge in [0.05, 0.1) is 17.5 Å². The molecule has 0 aliphatic carbocycles. The van der Waals surface area contributed by atoms with Crippen molar-refractivity contribution in [3.63, 3.8) is 0 Å². The van der Waals surface area contributed by atoms with Gasteiger partial charge in [-0.2, -0.15) is 4.68 Å². The normalized spacial score (nSPS) is 13.3. The van der Waals surface area contributed by atoms with Crippen LogP contribution in [0.4, 0.5) is 0 Å². The Bertz CT molecular complexity index is 1620. The van der Waals surface area contributed by atoms with E-state index >= 15 is 0 Å². The maximum atomic E-state index is 12.6. The lowest BCUT2D eigenvalue weighted by Crippen LogP contribution is -2.37. The molecule has 13 nitrogen and oxygen atoms in total. The number of imidazole rings is 1. The second kappa shape index (κ2) is 7.79. The number of carbonyl (C=O) groups excluding carboxylic acids is 2. The number of fused-ring (bicyclic) bond motifs is 2. The first-order chi connectivity index (χ1) is 16.3. The zero-order valence-electron chi connectivity index (χ0n) is 18.3. The number of aryl methyl sites for hydroxylation is 2. The Balaban J connectivity index is 1.31. The molecule has 0 fully saturated rings. The molecule has 34 heavy (non-hydrogen) atoms. The third-order valence-electron chi connectivity index (χ3n) is 5.80. The second-order valence-electron chi connectivity index (χ2n) is 7.90. The molecule has 1 aromatic carbocycles. The van der Waals surface area contributed by atoms with Gasteiger partial charge in [-0.05, 0) is 18.6 Å². The van der Waals surface area contributed by atoms with Crippen molar-refractivity contribution in [3.05, 3.63) is 79.0 Å². The first kappa shape index (κ1) is 21.3. The summed E-state index contributed by atoms with van der Waals surface area (Å²) in [7, 11) is 2.87. The molecule has 0 saturated heterocycles. The molecule has 0 unspecified atom stereocenters. The van der Waals surface area contributed by atoms with Gasteiger partial charge in [-0.25, -0.2) is 14.6 Å². The Labute approximate surface area is 190 Å². The van der Waals surface area contributed by atoms with Crippen molar-refractivity contribution in [3.8, 4) is 0 Å². The number of aromatic nitrogens is 6. The first-order valence-corrected chi connectivity index (χ1v) is 10.4. The van der Waals surface area contributed by atoms with Crippen LogP contribution < -0.4 is 17.0 Å². The fourth-order valence-electron chi connectivity index (χ4n) is 4.04. The van der Waals surface area contributed by atoms with Gasteiger partial charge in [0.2, 0.25) is 5.89 Å². The molecular formula is C21H19N7O6. The van der Waals surface area contributed by atoms with Gasteiger partial charge in [0.15, 0.2) is 11.2 Å². The van der Waals surface area contributed by atoms with Gasteiger partial charge in [-0.3, -0.25) is 28.4 Å². The van der Waals surface area contributed by atoms with Crippen molar-refractivity contribution in [1.29, 1.82) is 0 Å². The van der Waals surface area contributed by atoms with Crippen molar-refractivity contribution in [2.75, 3.05) is 6.54 Å². The van der Waals surface area contributed by atoms with E-state index in [0.29, 0.717) is 17.5 Å². The monoisotopic (exact) mass is 465 g/mol. The van der Waals surface area contributed by atoms with Crippen LogP contribution in [0, 0.1) is 0 Å². The average Bonchev–Trinajstić information content (AvgIpc) is 3.47. The van der Waals surface area contributed by atoms with Gasteiger partial charge in [0.25, 0.3) is 17.4 Å². The lowest BCUT2D eigenvalue weighted by molar-refractivity contribution is 0.0650. The van der Waals surface area contributed by atoms with Crippen molar-refractivity contribution in [2.24, 2.45) is 14.1 Å². The van der Waals surface area contributed by atoms with Crippen molar-refractivity contribution in [2.45, 2.75) is 19.5 Å². The van der Waals surface area contributed by atoms with Gasteiger partial charge < -0.3 is 8.98 Å². The Morgan fingerprint density at radius 2 is 1.59 bits per heavy atom. The number of hydrogen-bond donors (Lipinski definition) is 0. The topological polar surface area (TPSA) is 147 Å². The second-order valence-corrected chi connectivity index (χ2v) is 7.90. The molecular weight excluding hydrogens is 446 g/mol. The summed E-state index contributed by atoms with van der Waals surface area (Å²) in [6.45, 7) is 0.193. The largest absolute Gasteiger partial charge is 0.437 e. The van der Waals surface area contributed by atoms with Gasteiger partial charge in [0, 0.05) is 27.2 Å². The number of benzene rings is 1. The van der Waals surface area contributed by atoms with E-state index in [2.05, 4.69) is 10.1 Å². The Kier molecular flexibility index (Phi) is 4.88. The van der Waals surface area contributed by atoms with Crippen LogP contribution in [-0.2, 0) is 27.2 Å². The highest BCUT2D eigenvalue weighted by atomic mass is 16.4. The van der Waals surface area contributed by atoms with Crippen LogP contribution >= 0.6 is 0 Å². The zero-order valence-corrected chi connectivity index (χ0v) is 18.3. The Hall–Kier alpha value is -4.55. The summed E-state index contributed by atoms with van der Waals surface area (Å²) in [5.74, 6) is -1.39. The summed E-state index contributed by atoms with van der Waals surface area (Å²) < 4.78 is 9.96. The van der Waals surface area contributed by atoms with Crippen LogP contribution in [0.2, 0.25) is 0 Å². The molecule has 0 bridgehead atoms. The number of carbonyl (C=O) groups is 2. The minimum absolute atomic E-state index is 0.0425. The molecule has 4 aromatic rings. The molecule has 13 heteroatoms. The molecule has 1 aliphatic rings. The van der Waals surface area contributed by atoms with Gasteiger partial charge >= 0.3 is 11.4 Å². The van der Waals surface area contributed by atoms with E-state index in [1.165, 1.54) is 29.6 Å². The SMILES string of the molecule is Cn1c(=O)c2c(ncn2Cc2nn(CCCN3C(=O)c4ccccc4C3=O)c(=O)o2)n(C)c1=O. The van der Waals surface area contributed by atoms with Crippen LogP contribution in [0.15, 0.2) is 49.4 Å². The molecule has 0 saturated carbocycles. The molecule has 1 aliphatic heterocycles. The fourth-order valence-corrected chi connectivity index (χ4v) is 4.04. The molecule has 4 heterocycles. The number of rotatable bonds is 6. The predicted octanol–water partition coefficient (Wildman–Crippen LogP) is -0.682. The summed E-state index contributed by atoms with van der Waals surface area (Å²) in [5.41, 5.74) is 0.0763.